The summed E-state index contributed by atoms with van der Waals surface area (Å²) >= 11 is 0. The highest BCUT2D eigenvalue weighted by atomic mass is 32.2. The Labute approximate surface area is 138 Å². The molecule has 0 saturated carbocycles. The monoisotopic (exact) mass is 364 g/mol. The first kappa shape index (κ1) is 18.7. The van der Waals surface area contributed by atoms with Crippen LogP contribution in [-0.4, -0.2) is 44.6 Å². The normalized spacial score (nSPS) is 19.3. The Morgan fingerprint density at radius 1 is 1.25 bits per heavy atom. The average molecular weight is 364 g/mol. The Morgan fingerprint density at radius 3 is 2.42 bits per heavy atom. The Hall–Kier alpha value is -1.61. The van der Waals surface area contributed by atoms with Crippen LogP contribution in [0.15, 0.2) is 24.3 Å². The van der Waals surface area contributed by atoms with Crippen molar-refractivity contribution in [2.24, 2.45) is 0 Å². The third-order valence-corrected chi connectivity index (χ3v) is 4.62. The minimum Gasteiger partial charge on any atom is -0.334 e. The molecule has 0 aromatic heterocycles. The summed E-state index contributed by atoms with van der Waals surface area (Å²) in [5.74, 6) is -0.385. The third kappa shape index (κ3) is 4.94. The molecule has 1 heterocycles. The van der Waals surface area contributed by atoms with Gasteiger partial charge in [-0.15, -0.1) is 0 Å². The molecule has 1 aromatic rings. The second kappa shape index (κ2) is 7.10. The van der Waals surface area contributed by atoms with E-state index in [1.807, 2.05) is 0 Å². The summed E-state index contributed by atoms with van der Waals surface area (Å²) in [6.45, 7) is 0.557. The molecule has 0 bridgehead atoms. The van der Waals surface area contributed by atoms with Crippen molar-refractivity contribution in [1.82, 2.24) is 9.62 Å². The van der Waals surface area contributed by atoms with Crippen LogP contribution in [0, 0.1) is 0 Å². The van der Waals surface area contributed by atoms with Gasteiger partial charge in [0.1, 0.15) is 0 Å². The fraction of sp³-hybridized carbons (Fsp3) is 0.533. The first-order valence-electron chi connectivity index (χ1n) is 7.51. The van der Waals surface area contributed by atoms with Crippen LogP contribution in [0.25, 0.3) is 0 Å². The maximum atomic E-state index is 12.6. The molecular formula is C15H19F3N2O3S. The second-order valence-electron chi connectivity index (χ2n) is 5.84. The van der Waals surface area contributed by atoms with Gasteiger partial charge in [-0.05, 0) is 43.5 Å². The standard InChI is InChI=1S/C15H19F3N2O3S/c1-24(22,23)19-10-13-4-2-3-9-20(13)14(21)11-5-7-12(8-6-11)15(16,17)18/h5-8,13,19H,2-4,9-10H2,1H3/t13-/m1/s1. The lowest BCUT2D eigenvalue weighted by Gasteiger charge is -2.36. The largest absolute Gasteiger partial charge is 0.416 e. The lowest BCUT2D eigenvalue weighted by Crippen LogP contribution is -2.49. The van der Waals surface area contributed by atoms with E-state index in [2.05, 4.69) is 4.72 Å². The molecular weight excluding hydrogens is 345 g/mol. The van der Waals surface area contributed by atoms with Crippen LogP contribution in [-0.2, 0) is 16.2 Å². The van der Waals surface area contributed by atoms with E-state index < -0.39 is 21.8 Å². The van der Waals surface area contributed by atoms with E-state index in [1.54, 1.807) is 0 Å². The van der Waals surface area contributed by atoms with Crippen LogP contribution >= 0.6 is 0 Å². The highest BCUT2D eigenvalue weighted by molar-refractivity contribution is 7.88. The highest BCUT2D eigenvalue weighted by Crippen LogP contribution is 2.29. The van der Waals surface area contributed by atoms with Crippen molar-refractivity contribution in [2.45, 2.75) is 31.5 Å². The quantitative estimate of drug-likeness (QED) is 0.891. The van der Waals surface area contributed by atoms with Gasteiger partial charge < -0.3 is 4.90 Å². The minimum atomic E-state index is -4.45. The molecule has 1 fully saturated rings. The van der Waals surface area contributed by atoms with E-state index in [9.17, 15) is 26.4 Å². The van der Waals surface area contributed by atoms with Gasteiger partial charge in [0.15, 0.2) is 0 Å². The smallest absolute Gasteiger partial charge is 0.334 e. The molecule has 1 saturated heterocycles. The summed E-state index contributed by atoms with van der Waals surface area (Å²) in [7, 11) is -3.37. The van der Waals surface area contributed by atoms with E-state index in [1.165, 1.54) is 4.90 Å². The summed E-state index contributed by atoms with van der Waals surface area (Å²) in [4.78, 5) is 14.1. The van der Waals surface area contributed by atoms with Gasteiger partial charge in [-0.3, -0.25) is 4.79 Å². The zero-order chi connectivity index (χ0) is 18.0. The zero-order valence-electron chi connectivity index (χ0n) is 13.1. The maximum Gasteiger partial charge on any atom is 0.416 e. The number of carbonyl (C=O) groups is 1. The van der Waals surface area contributed by atoms with E-state index in [0.717, 1.165) is 43.4 Å². The number of halogens is 3. The Morgan fingerprint density at radius 2 is 1.88 bits per heavy atom. The highest BCUT2D eigenvalue weighted by Gasteiger charge is 2.31. The lowest BCUT2D eigenvalue weighted by molar-refractivity contribution is -0.137. The van der Waals surface area contributed by atoms with Crippen molar-refractivity contribution in [2.75, 3.05) is 19.3 Å². The van der Waals surface area contributed by atoms with Crippen molar-refractivity contribution in [3.05, 3.63) is 35.4 Å². The van der Waals surface area contributed by atoms with Gasteiger partial charge in [0, 0.05) is 24.7 Å². The molecule has 134 valence electrons. The Balaban J connectivity index is 2.13. The van der Waals surface area contributed by atoms with Crippen molar-refractivity contribution in [3.63, 3.8) is 0 Å². The zero-order valence-corrected chi connectivity index (χ0v) is 14.0. The summed E-state index contributed by atoms with van der Waals surface area (Å²) in [5, 5.41) is 0. The molecule has 1 aliphatic heterocycles. The number of hydrogen-bond acceptors (Lipinski definition) is 3. The number of amides is 1. The number of alkyl halides is 3. The number of nitrogens with zero attached hydrogens (tertiary/aromatic N) is 1. The van der Waals surface area contributed by atoms with E-state index in [0.29, 0.717) is 13.0 Å². The number of nitrogens with one attached hydrogen (secondary N) is 1. The SMILES string of the molecule is CS(=O)(=O)NC[C@H]1CCCCN1C(=O)c1ccc(C(F)(F)F)cc1. The fourth-order valence-electron chi connectivity index (χ4n) is 2.70. The number of rotatable bonds is 4. The van der Waals surface area contributed by atoms with E-state index in [4.69, 9.17) is 0 Å². The third-order valence-electron chi connectivity index (χ3n) is 3.93. The summed E-state index contributed by atoms with van der Waals surface area (Å²) in [6, 6.07) is 3.76. The first-order valence-corrected chi connectivity index (χ1v) is 9.40. The van der Waals surface area contributed by atoms with Crippen LogP contribution in [0.1, 0.15) is 35.2 Å². The number of hydrogen-bond donors (Lipinski definition) is 1. The molecule has 0 spiro atoms. The molecule has 0 aliphatic carbocycles. The topological polar surface area (TPSA) is 66.5 Å². The molecule has 1 aromatic carbocycles. The second-order valence-corrected chi connectivity index (χ2v) is 7.68. The van der Waals surface area contributed by atoms with Crippen LogP contribution < -0.4 is 4.72 Å². The van der Waals surface area contributed by atoms with Crippen molar-refractivity contribution in [1.29, 1.82) is 0 Å². The van der Waals surface area contributed by atoms with Gasteiger partial charge >= 0.3 is 6.18 Å². The lowest BCUT2D eigenvalue weighted by atomic mass is 10.0. The number of likely N-dealkylation sites (tertiary alicyclic amines) is 1. The number of sulfonamides is 1. The summed E-state index contributed by atoms with van der Waals surface area (Å²) in [5.41, 5.74) is -0.651. The predicted octanol–water partition coefficient (Wildman–Crippen LogP) is 2.25. The summed E-state index contributed by atoms with van der Waals surface area (Å²) < 4.78 is 62.6. The van der Waals surface area contributed by atoms with Crippen molar-refractivity contribution < 1.29 is 26.4 Å². The van der Waals surface area contributed by atoms with E-state index >= 15 is 0 Å². The average Bonchev–Trinajstić information content (AvgIpc) is 2.51. The van der Waals surface area contributed by atoms with Gasteiger partial charge in [0.25, 0.3) is 5.91 Å². The number of piperidine rings is 1. The first-order chi connectivity index (χ1) is 11.1. The molecule has 0 unspecified atom stereocenters. The van der Waals surface area contributed by atoms with Crippen molar-refractivity contribution >= 4 is 15.9 Å². The molecule has 2 rings (SSSR count). The number of carbonyl (C=O) groups excluding carboxylic acids is 1. The molecule has 24 heavy (non-hydrogen) atoms. The predicted molar refractivity (Wildman–Crippen MR) is 83.0 cm³/mol. The van der Waals surface area contributed by atoms with Crippen LogP contribution in [0.3, 0.4) is 0 Å². The molecule has 1 aliphatic rings. The molecule has 1 N–H and O–H groups in total. The molecule has 0 radical (unpaired) electrons. The van der Waals surface area contributed by atoms with Gasteiger partial charge in [-0.2, -0.15) is 13.2 Å². The van der Waals surface area contributed by atoms with Gasteiger partial charge in [0.05, 0.1) is 11.8 Å². The van der Waals surface area contributed by atoms with Crippen molar-refractivity contribution in [3.8, 4) is 0 Å². The minimum absolute atomic E-state index is 0.102. The molecule has 5 nitrogen and oxygen atoms in total. The van der Waals surface area contributed by atoms with Crippen LogP contribution in [0.4, 0.5) is 13.2 Å². The van der Waals surface area contributed by atoms with E-state index in [-0.39, 0.29) is 24.1 Å². The van der Waals surface area contributed by atoms with Gasteiger partial charge in [-0.1, -0.05) is 0 Å². The Bertz CT molecular complexity index is 687. The van der Waals surface area contributed by atoms with Crippen LogP contribution in [0.2, 0.25) is 0 Å². The molecule has 1 atom stereocenters. The van der Waals surface area contributed by atoms with Gasteiger partial charge in [0.2, 0.25) is 10.0 Å². The Kier molecular flexibility index (Phi) is 5.54. The van der Waals surface area contributed by atoms with Gasteiger partial charge in [-0.25, -0.2) is 13.1 Å². The molecule has 9 heteroatoms. The number of benzene rings is 1. The fourth-order valence-corrected chi connectivity index (χ4v) is 3.19. The molecule has 1 amide bonds. The maximum absolute atomic E-state index is 12.6. The van der Waals surface area contributed by atoms with Crippen LogP contribution in [0.5, 0.6) is 0 Å². The summed E-state index contributed by atoms with van der Waals surface area (Å²) in [6.07, 6.45) is -1.12.